The maximum absolute atomic E-state index is 9.69. The molecular formula is C14H30N2O. The average molecular weight is 242 g/mol. The van der Waals surface area contributed by atoms with Gasteiger partial charge >= 0.3 is 0 Å². The van der Waals surface area contributed by atoms with Crippen LogP contribution in [0.2, 0.25) is 0 Å². The van der Waals surface area contributed by atoms with Crippen LogP contribution in [-0.2, 0) is 0 Å². The first-order valence-corrected chi connectivity index (χ1v) is 6.89. The lowest BCUT2D eigenvalue weighted by Crippen LogP contribution is -2.57. The Morgan fingerprint density at radius 1 is 1.29 bits per heavy atom. The zero-order chi connectivity index (χ0) is 13.2. The van der Waals surface area contributed by atoms with Crippen molar-refractivity contribution in [3.63, 3.8) is 0 Å². The van der Waals surface area contributed by atoms with Gasteiger partial charge in [0.2, 0.25) is 0 Å². The van der Waals surface area contributed by atoms with Crippen molar-refractivity contribution >= 4 is 0 Å². The molecule has 0 radical (unpaired) electrons. The van der Waals surface area contributed by atoms with Crippen molar-refractivity contribution in [2.24, 2.45) is 17.1 Å². The van der Waals surface area contributed by atoms with Gasteiger partial charge in [-0.2, -0.15) is 0 Å². The van der Waals surface area contributed by atoms with Crippen molar-refractivity contribution in [1.82, 2.24) is 4.90 Å². The first-order chi connectivity index (χ1) is 7.77. The van der Waals surface area contributed by atoms with E-state index in [2.05, 4.69) is 39.5 Å². The predicted octanol–water partition coefficient (Wildman–Crippen LogP) is 1.84. The summed E-state index contributed by atoms with van der Waals surface area (Å²) in [6.07, 6.45) is 2.68. The first kappa shape index (κ1) is 14.9. The Kier molecular flexibility index (Phi) is 4.99. The Morgan fingerprint density at radius 3 is 2.12 bits per heavy atom. The van der Waals surface area contributed by atoms with Gasteiger partial charge < -0.3 is 10.8 Å². The van der Waals surface area contributed by atoms with Gasteiger partial charge in [0.05, 0.1) is 6.61 Å². The van der Waals surface area contributed by atoms with E-state index in [0.717, 1.165) is 12.5 Å². The van der Waals surface area contributed by atoms with Gasteiger partial charge in [0.25, 0.3) is 0 Å². The Bertz CT molecular complexity index is 231. The smallest absolute Gasteiger partial charge is 0.0602 e. The second-order valence-corrected chi connectivity index (χ2v) is 6.88. The van der Waals surface area contributed by atoms with Crippen LogP contribution in [0.5, 0.6) is 0 Å². The first-order valence-electron chi connectivity index (χ1n) is 6.89. The Labute approximate surface area is 106 Å². The quantitative estimate of drug-likeness (QED) is 0.747. The van der Waals surface area contributed by atoms with Crippen LogP contribution in [0.3, 0.4) is 0 Å². The van der Waals surface area contributed by atoms with Crippen molar-refractivity contribution in [1.29, 1.82) is 0 Å². The summed E-state index contributed by atoms with van der Waals surface area (Å²) < 4.78 is 0. The maximum atomic E-state index is 9.69. The number of rotatable bonds is 6. The summed E-state index contributed by atoms with van der Waals surface area (Å²) in [5, 5.41) is 9.69. The van der Waals surface area contributed by atoms with Crippen molar-refractivity contribution in [2.45, 2.75) is 65.6 Å². The molecule has 2 unspecified atom stereocenters. The molecule has 1 fully saturated rings. The second-order valence-electron chi connectivity index (χ2n) is 6.88. The third-order valence-electron chi connectivity index (χ3n) is 3.86. The molecule has 2 atom stereocenters. The van der Waals surface area contributed by atoms with Crippen LogP contribution in [0.25, 0.3) is 0 Å². The van der Waals surface area contributed by atoms with Gasteiger partial charge in [-0.15, -0.1) is 0 Å². The van der Waals surface area contributed by atoms with Gasteiger partial charge in [-0.3, -0.25) is 4.90 Å². The van der Waals surface area contributed by atoms with E-state index in [9.17, 15) is 5.11 Å². The maximum Gasteiger partial charge on any atom is 0.0602 e. The molecule has 0 spiro atoms. The van der Waals surface area contributed by atoms with Crippen LogP contribution < -0.4 is 5.73 Å². The van der Waals surface area contributed by atoms with Crippen LogP contribution in [0, 0.1) is 11.3 Å². The third-order valence-corrected chi connectivity index (χ3v) is 3.86. The normalized spacial score (nSPS) is 21.0. The summed E-state index contributed by atoms with van der Waals surface area (Å²) in [4.78, 5) is 2.40. The lowest BCUT2D eigenvalue weighted by molar-refractivity contribution is 0.0465. The molecule has 1 rings (SSSR count). The van der Waals surface area contributed by atoms with E-state index >= 15 is 0 Å². The van der Waals surface area contributed by atoms with E-state index in [1.807, 2.05) is 0 Å². The SMILES string of the molecule is CC(C)N(CC1CC1)C(CO)C(N)C(C)(C)C. The lowest BCUT2D eigenvalue weighted by atomic mass is 9.82. The summed E-state index contributed by atoms with van der Waals surface area (Å²) in [5.41, 5.74) is 6.37. The largest absolute Gasteiger partial charge is 0.395 e. The Hall–Kier alpha value is -0.120. The molecular weight excluding hydrogens is 212 g/mol. The molecule has 0 amide bonds. The monoisotopic (exact) mass is 242 g/mol. The molecule has 17 heavy (non-hydrogen) atoms. The number of nitrogens with two attached hydrogens (primary N) is 1. The fraction of sp³-hybridized carbons (Fsp3) is 1.00. The fourth-order valence-electron chi connectivity index (χ4n) is 2.33. The summed E-state index contributed by atoms with van der Waals surface area (Å²) >= 11 is 0. The molecule has 0 aromatic rings. The third kappa shape index (κ3) is 4.23. The molecule has 102 valence electrons. The standard InChI is InChI=1S/C14H30N2O/c1-10(2)16(8-11-6-7-11)12(9-17)13(15)14(3,4)5/h10-13,17H,6-9,15H2,1-5H3. The van der Waals surface area contributed by atoms with E-state index in [4.69, 9.17) is 5.73 Å². The van der Waals surface area contributed by atoms with Gasteiger partial charge in [-0.25, -0.2) is 0 Å². The Balaban J connectivity index is 2.72. The van der Waals surface area contributed by atoms with Gasteiger partial charge in [0.1, 0.15) is 0 Å². The van der Waals surface area contributed by atoms with Gasteiger partial charge in [0, 0.05) is 24.7 Å². The molecule has 0 aromatic heterocycles. The van der Waals surface area contributed by atoms with E-state index in [1.54, 1.807) is 0 Å². The van der Waals surface area contributed by atoms with Crippen molar-refractivity contribution < 1.29 is 5.11 Å². The highest BCUT2D eigenvalue weighted by Crippen LogP contribution is 2.32. The fourth-order valence-corrected chi connectivity index (χ4v) is 2.33. The lowest BCUT2D eigenvalue weighted by Gasteiger charge is -2.42. The summed E-state index contributed by atoms with van der Waals surface area (Å²) in [6, 6.07) is 0.533. The highest BCUT2D eigenvalue weighted by molar-refractivity contribution is 4.92. The van der Waals surface area contributed by atoms with Crippen molar-refractivity contribution in [3.8, 4) is 0 Å². The molecule has 0 saturated heterocycles. The minimum absolute atomic E-state index is 0.00801. The zero-order valence-corrected chi connectivity index (χ0v) is 12.1. The van der Waals surface area contributed by atoms with E-state index in [0.29, 0.717) is 6.04 Å². The molecule has 3 N–H and O–H groups in total. The van der Waals surface area contributed by atoms with Crippen molar-refractivity contribution in [2.75, 3.05) is 13.2 Å². The van der Waals surface area contributed by atoms with E-state index in [-0.39, 0.29) is 24.1 Å². The minimum Gasteiger partial charge on any atom is -0.395 e. The molecule has 0 aliphatic heterocycles. The average Bonchev–Trinajstić information content (AvgIpc) is 2.99. The topological polar surface area (TPSA) is 49.5 Å². The molecule has 1 saturated carbocycles. The van der Waals surface area contributed by atoms with Crippen LogP contribution in [0.15, 0.2) is 0 Å². The summed E-state index contributed by atoms with van der Waals surface area (Å²) in [5.74, 6) is 0.832. The highest BCUT2D eigenvalue weighted by Gasteiger charge is 2.36. The molecule has 0 bridgehead atoms. The van der Waals surface area contributed by atoms with Crippen LogP contribution >= 0.6 is 0 Å². The van der Waals surface area contributed by atoms with Crippen molar-refractivity contribution in [3.05, 3.63) is 0 Å². The minimum atomic E-state index is 0.00801. The van der Waals surface area contributed by atoms with E-state index in [1.165, 1.54) is 12.8 Å². The summed E-state index contributed by atoms with van der Waals surface area (Å²) in [6.45, 7) is 12.1. The molecule has 1 aliphatic rings. The van der Waals surface area contributed by atoms with Gasteiger partial charge in [0.15, 0.2) is 0 Å². The van der Waals surface area contributed by atoms with Crippen LogP contribution in [-0.4, -0.2) is 41.3 Å². The highest BCUT2D eigenvalue weighted by atomic mass is 16.3. The molecule has 3 heteroatoms. The van der Waals surface area contributed by atoms with Gasteiger partial charge in [-0.1, -0.05) is 20.8 Å². The molecule has 0 aromatic carbocycles. The summed E-state index contributed by atoms with van der Waals surface area (Å²) in [7, 11) is 0. The van der Waals surface area contributed by atoms with Crippen LogP contribution in [0.4, 0.5) is 0 Å². The number of hydrogen-bond acceptors (Lipinski definition) is 3. The van der Waals surface area contributed by atoms with Gasteiger partial charge in [-0.05, 0) is 38.0 Å². The Morgan fingerprint density at radius 2 is 1.82 bits per heavy atom. The second kappa shape index (κ2) is 5.68. The van der Waals surface area contributed by atoms with Crippen LogP contribution in [0.1, 0.15) is 47.5 Å². The number of aliphatic hydroxyl groups excluding tert-OH is 1. The molecule has 3 nitrogen and oxygen atoms in total. The number of aliphatic hydroxyl groups is 1. The zero-order valence-electron chi connectivity index (χ0n) is 12.1. The predicted molar refractivity (Wildman–Crippen MR) is 72.9 cm³/mol. The molecule has 0 heterocycles. The molecule has 1 aliphatic carbocycles. The van der Waals surface area contributed by atoms with E-state index < -0.39 is 0 Å². The number of nitrogens with zero attached hydrogens (tertiary/aromatic N) is 1. The number of hydrogen-bond donors (Lipinski definition) is 2.